The smallest absolute Gasteiger partial charge is 0.223 e. The lowest BCUT2D eigenvalue weighted by Gasteiger charge is -2.34. The maximum absolute atomic E-state index is 12.2. The standard InChI is InChI=1S/C13H20N2OS/c1-2-3-7-12(16)15-9-5-4-6-11(15)13-14-8-10-17-13/h8,10-11H,2-7,9H2,1H3/t11-/m1/s1. The number of rotatable bonds is 4. The molecule has 2 rings (SSSR count). The van der Waals surface area contributed by atoms with Crippen LogP contribution in [0.4, 0.5) is 0 Å². The van der Waals surface area contributed by atoms with E-state index in [1.165, 1.54) is 6.42 Å². The number of unbranched alkanes of at least 4 members (excludes halogenated alkanes) is 1. The van der Waals surface area contributed by atoms with Crippen LogP contribution in [0, 0.1) is 0 Å². The third-order valence-corrected chi connectivity index (χ3v) is 4.18. The van der Waals surface area contributed by atoms with E-state index in [1.807, 2.05) is 11.6 Å². The molecule has 1 aliphatic heterocycles. The largest absolute Gasteiger partial charge is 0.333 e. The minimum atomic E-state index is 0.244. The molecule has 1 aromatic rings. The van der Waals surface area contributed by atoms with Crippen LogP contribution in [0.15, 0.2) is 11.6 Å². The van der Waals surface area contributed by atoms with Gasteiger partial charge in [-0.05, 0) is 25.7 Å². The molecule has 0 radical (unpaired) electrons. The number of carbonyl (C=O) groups is 1. The molecule has 17 heavy (non-hydrogen) atoms. The van der Waals surface area contributed by atoms with Gasteiger partial charge >= 0.3 is 0 Å². The summed E-state index contributed by atoms with van der Waals surface area (Å²) in [5, 5.41) is 3.10. The lowest BCUT2D eigenvalue weighted by Crippen LogP contribution is -2.38. The molecule has 2 heterocycles. The summed E-state index contributed by atoms with van der Waals surface area (Å²) in [6, 6.07) is 0.244. The van der Waals surface area contributed by atoms with Gasteiger partial charge in [0.2, 0.25) is 5.91 Å². The molecular formula is C13H20N2OS. The van der Waals surface area contributed by atoms with E-state index in [2.05, 4.69) is 16.8 Å². The van der Waals surface area contributed by atoms with Gasteiger partial charge in [-0.15, -0.1) is 11.3 Å². The molecular weight excluding hydrogens is 232 g/mol. The van der Waals surface area contributed by atoms with Crippen molar-refractivity contribution in [2.45, 2.75) is 51.5 Å². The lowest BCUT2D eigenvalue weighted by atomic mass is 10.0. The van der Waals surface area contributed by atoms with Crippen molar-refractivity contribution in [1.82, 2.24) is 9.88 Å². The molecule has 1 atom stereocenters. The second-order valence-corrected chi connectivity index (χ2v) is 5.50. The minimum Gasteiger partial charge on any atom is -0.333 e. The van der Waals surface area contributed by atoms with Crippen molar-refractivity contribution in [3.8, 4) is 0 Å². The number of hydrogen-bond donors (Lipinski definition) is 0. The number of carbonyl (C=O) groups excluding carboxylic acids is 1. The predicted octanol–water partition coefficient (Wildman–Crippen LogP) is 3.39. The molecule has 0 aliphatic carbocycles. The second kappa shape index (κ2) is 6.15. The van der Waals surface area contributed by atoms with Gasteiger partial charge in [-0.1, -0.05) is 13.3 Å². The summed E-state index contributed by atoms with van der Waals surface area (Å²) < 4.78 is 0. The van der Waals surface area contributed by atoms with Crippen molar-refractivity contribution in [2.75, 3.05) is 6.54 Å². The van der Waals surface area contributed by atoms with Crippen LogP contribution in [0.1, 0.15) is 56.5 Å². The Bertz CT molecular complexity index is 350. The van der Waals surface area contributed by atoms with Gasteiger partial charge in [-0.25, -0.2) is 4.98 Å². The normalized spacial score (nSPS) is 20.5. The van der Waals surface area contributed by atoms with Crippen LogP contribution in [0.25, 0.3) is 0 Å². The van der Waals surface area contributed by atoms with E-state index >= 15 is 0 Å². The number of piperidine rings is 1. The summed E-state index contributed by atoms with van der Waals surface area (Å²) in [6.45, 7) is 3.04. The summed E-state index contributed by atoms with van der Waals surface area (Å²) in [6.07, 6.45) is 8.04. The molecule has 1 amide bonds. The van der Waals surface area contributed by atoms with E-state index in [1.54, 1.807) is 11.3 Å². The Hall–Kier alpha value is -0.900. The molecule has 4 heteroatoms. The zero-order valence-corrected chi connectivity index (χ0v) is 11.2. The fourth-order valence-electron chi connectivity index (χ4n) is 2.36. The Labute approximate surface area is 107 Å². The van der Waals surface area contributed by atoms with E-state index in [9.17, 15) is 4.79 Å². The van der Waals surface area contributed by atoms with Crippen molar-refractivity contribution in [3.05, 3.63) is 16.6 Å². The van der Waals surface area contributed by atoms with Crippen LogP contribution >= 0.6 is 11.3 Å². The number of amides is 1. The first kappa shape index (κ1) is 12.6. The highest BCUT2D eigenvalue weighted by atomic mass is 32.1. The van der Waals surface area contributed by atoms with Gasteiger partial charge in [0, 0.05) is 24.5 Å². The fourth-order valence-corrected chi connectivity index (χ4v) is 3.14. The third kappa shape index (κ3) is 3.06. The molecule has 0 saturated carbocycles. The summed E-state index contributed by atoms with van der Waals surface area (Å²) in [5.74, 6) is 0.312. The van der Waals surface area contributed by atoms with E-state index in [0.717, 1.165) is 37.2 Å². The fraction of sp³-hybridized carbons (Fsp3) is 0.692. The van der Waals surface area contributed by atoms with Crippen molar-refractivity contribution in [1.29, 1.82) is 0 Å². The Kier molecular flexibility index (Phi) is 4.54. The highest BCUT2D eigenvalue weighted by molar-refractivity contribution is 7.09. The van der Waals surface area contributed by atoms with Crippen LogP contribution in [-0.2, 0) is 4.79 Å². The molecule has 0 spiro atoms. The SMILES string of the molecule is CCCCC(=O)N1CCCC[C@@H]1c1nccs1. The van der Waals surface area contributed by atoms with E-state index in [4.69, 9.17) is 0 Å². The number of aromatic nitrogens is 1. The zero-order chi connectivity index (χ0) is 12.1. The first-order valence-corrected chi connectivity index (χ1v) is 7.39. The monoisotopic (exact) mass is 252 g/mol. The first-order chi connectivity index (χ1) is 8.33. The maximum Gasteiger partial charge on any atom is 0.223 e. The van der Waals surface area contributed by atoms with E-state index in [-0.39, 0.29) is 6.04 Å². The Morgan fingerprint density at radius 1 is 1.59 bits per heavy atom. The van der Waals surface area contributed by atoms with Gasteiger partial charge < -0.3 is 4.90 Å². The molecule has 1 aliphatic rings. The van der Waals surface area contributed by atoms with Crippen LogP contribution in [-0.4, -0.2) is 22.3 Å². The quantitative estimate of drug-likeness (QED) is 0.823. The molecule has 0 aromatic carbocycles. The van der Waals surface area contributed by atoms with Crippen molar-refractivity contribution in [3.63, 3.8) is 0 Å². The summed E-state index contributed by atoms with van der Waals surface area (Å²) in [5.41, 5.74) is 0. The number of likely N-dealkylation sites (tertiary alicyclic amines) is 1. The van der Waals surface area contributed by atoms with E-state index < -0.39 is 0 Å². The predicted molar refractivity (Wildman–Crippen MR) is 69.9 cm³/mol. The van der Waals surface area contributed by atoms with Crippen LogP contribution < -0.4 is 0 Å². The second-order valence-electron chi connectivity index (χ2n) is 4.57. The average molecular weight is 252 g/mol. The molecule has 1 fully saturated rings. The summed E-state index contributed by atoms with van der Waals surface area (Å²) in [4.78, 5) is 18.6. The topological polar surface area (TPSA) is 33.2 Å². The maximum atomic E-state index is 12.2. The molecule has 0 N–H and O–H groups in total. The van der Waals surface area contributed by atoms with Gasteiger partial charge in [-0.2, -0.15) is 0 Å². The third-order valence-electron chi connectivity index (χ3n) is 3.30. The summed E-state index contributed by atoms with van der Waals surface area (Å²) >= 11 is 1.67. The van der Waals surface area contributed by atoms with Crippen molar-refractivity contribution >= 4 is 17.2 Å². The highest BCUT2D eigenvalue weighted by Gasteiger charge is 2.28. The van der Waals surface area contributed by atoms with Gasteiger partial charge in [0.05, 0.1) is 6.04 Å². The van der Waals surface area contributed by atoms with Crippen LogP contribution in [0.3, 0.4) is 0 Å². The number of nitrogens with zero attached hydrogens (tertiary/aromatic N) is 2. The molecule has 0 unspecified atom stereocenters. The van der Waals surface area contributed by atoms with Crippen LogP contribution in [0.2, 0.25) is 0 Å². The minimum absolute atomic E-state index is 0.244. The van der Waals surface area contributed by atoms with Crippen molar-refractivity contribution in [2.24, 2.45) is 0 Å². The van der Waals surface area contributed by atoms with Gasteiger partial charge in [0.1, 0.15) is 5.01 Å². The first-order valence-electron chi connectivity index (χ1n) is 6.51. The molecule has 94 valence electrons. The Morgan fingerprint density at radius 3 is 3.18 bits per heavy atom. The van der Waals surface area contributed by atoms with Crippen LogP contribution in [0.5, 0.6) is 0 Å². The number of thiazole rings is 1. The van der Waals surface area contributed by atoms with Gasteiger partial charge in [-0.3, -0.25) is 4.79 Å². The Morgan fingerprint density at radius 2 is 2.47 bits per heavy atom. The highest BCUT2D eigenvalue weighted by Crippen LogP contribution is 2.32. The Balaban J connectivity index is 2.04. The molecule has 0 bridgehead atoms. The van der Waals surface area contributed by atoms with Crippen molar-refractivity contribution < 1.29 is 4.79 Å². The lowest BCUT2D eigenvalue weighted by molar-refractivity contribution is -0.135. The summed E-state index contributed by atoms with van der Waals surface area (Å²) in [7, 11) is 0. The molecule has 3 nitrogen and oxygen atoms in total. The molecule has 1 aromatic heterocycles. The average Bonchev–Trinajstić information content (AvgIpc) is 2.89. The van der Waals surface area contributed by atoms with Gasteiger partial charge in [0.25, 0.3) is 0 Å². The van der Waals surface area contributed by atoms with E-state index in [0.29, 0.717) is 12.3 Å². The zero-order valence-electron chi connectivity index (χ0n) is 10.4. The number of hydrogen-bond acceptors (Lipinski definition) is 3. The van der Waals surface area contributed by atoms with Gasteiger partial charge in [0.15, 0.2) is 0 Å². The molecule has 1 saturated heterocycles.